The lowest BCUT2D eigenvalue weighted by Gasteiger charge is -2.15. The Morgan fingerprint density at radius 1 is 1.25 bits per heavy atom. The van der Waals surface area contributed by atoms with Crippen molar-refractivity contribution in [3.63, 3.8) is 0 Å². The normalized spacial score (nSPS) is 27.2. The molecule has 24 heavy (non-hydrogen) atoms. The SMILES string of the molecule is CCCCCSc1ncnc2c1cnn2[C@@H]1O[C@H](CO)[C@@H](O)[C@H]1O. The van der Waals surface area contributed by atoms with Crippen LogP contribution in [0.5, 0.6) is 0 Å². The lowest BCUT2D eigenvalue weighted by Crippen LogP contribution is -2.33. The highest BCUT2D eigenvalue weighted by Crippen LogP contribution is 2.32. The topological polar surface area (TPSA) is 114 Å². The molecule has 4 atom stereocenters. The van der Waals surface area contributed by atoms with Gasteiger partial charge in [-0.2, -0.15) is 5.10 Å². The van der Waals surface area contributed by atoms with Crippen LogP contribution in [0.2, 0.25) is 0 Å². The molecular formula is C15H22N4O4S. The van der Waals surface area contributed by atoms with Crippen molar-refractivity contribution in [3.8, 4) is 0 Å². The van der Waals surface area contributed by atoms with Gasteiger partial charge < -0.3 is 20.1 Å². The first-order valence-corrected chi connectivity index (χ1v) is 9.09. The molecule has 1 saturated heterocycles. The Morgan fingerprint density at radius 2 is 2.08 bits per heavy atom. The van der Waals surface area contributed by atoms with Gasteiger partial charge in [-0.3, -0.25) is 0 Å². The number of hydrogen-bond donors (Lipinski definition) is 3. The summed E-state index contributed by atoms with van der Waals surface area (Å²) in [7, 11) is 0. The second kappa shape index (κ2) is 7.75. The lowest BCUT2D eigenvalue weighted by molar-refractivity contribution is -0.0566. The van der Waals surface area contributed by atoms with Crippen molar-refractivity contribution >= 4 is 22.8 Å². The molecule has 0 aromatic carbocycles. The molecule has 132 valence electrons. The van der Waals surface area contributed by atoms with E-state index in [1.165, 1.54) is 23.9 Å². The summed E-state index contributed by atoms with van der Waals surface area (Å²) in [5, 5.41) is 35.2. The highest BCUT2D eigenvalue weighted by Gasteiger charge is 2.44. The predicted molar refractivity (Wildman–Crippen MR) is 88.6 cm³/mol. The molecule has 1 aliphatic rings. The highest BCUT2D eigenvalue weighted by atomic mass is 32.2. The first kappa shape index (κ1) is 17.6. The summed E-state index contributed by atoms with van der Waals surface area (Å²) in [5.41, 5.74) is 0.540. The summed E-state index contributed by atoms with van der Waals surface area (Å²) in [6, 6.07) is 0. The molecule has 3 heterocycles. The van der Waals surface area contributed by atoms with E-state index in [2.05, 4.69) is 22.0 Å². The maximum Gasteiger partial charge on any atom is 0.181 e. The quantitative estimate of drug-likeness (QED) is 0.379. The standard InChI is InChI=1S/C15H22N4O4S/c1-2-3-4-5-24-14-9-6-18-19(13(9)16-8-17-14)15-12(22)11(21)10(7-20)23-15/h6,8,10-12,15,20-22H,2-5,7H2,1H3/t10-,11-,12-,15-/m1/s1. The van der Waals surface area contributed by atoms with Crippen molar-refractivity contribution < 1.29 is 20.1 Å². The molecule has 0 saturated carbocycles. The Kier molecular flexibility index (Phi) is 5.67. The molecule has 0 amide bonds. The number of unbranched alkanes of at least 4 members (excludes halogenated alkanes) is 2. The molecule has 0 aliphatic carbocycles. The molecule has 3 N–H and O–H groups in total. The molecule has 1 fully saturated rings. The van der Waals surface area contributed by atoms with Gasteiger partial charge in [-0.1, -0.05) is 19.8 Å². The Morgan fingerprint density at radius 3 is 2.79 bits per heavy atom. The van der Waals surface area contributed by atoms with Crippen LogP contribution in [-0.4, -0.2) is 65.7 Å². The number of aliphatic hydroxyl groups is 3. The highest BCUT2D eigenvalue weighted by molar-refractivity contribution is 7.99. The van der Waals surface area contributed by atoms with Crippen LogP contribution >= 0.6 is 11.8 Å². The van der Waals surface area contributed by atoms with E-state index in [4.69, 9.17) is 4.74 Å². The molecule has 8 nitrogen and oxygen atoms in total. The number of thioether (sulfide) groups is 1. The number of fused-ring (bicyclic) bond motifs is 1. The Labute approximate surface area is 143 Å². The summed E-state index contributed by atoms with van der Waals surface area (Å²) in [4.78, 5) is 8.56. The minimum Gasteiger partial charge on any atom is -0.394 e. The van der Waals surface area contributed by atoms with Crippen molar-refractivity contribution in [2.24, 2.45) is 0 Å². The molecule has 2 aromatic heterocycles. The molecule has 3 rings (SSSR count). The van der Waals surface area contributed by atoms with Crippen molar-refractivity contribution in [1.29, 1.82) is 0 Å². The van der Waals surface area contributed by atoms with Crippen LogP contribution in [0.15, 0.2) is 17.6 Å². The van der Waals surface area contributed by atoms with Gasteiger partial charge in [0.2, 0.25) is 0 Å². The predicted octanol–water partition coefficient (Wildman–Crippen LogP) is 0.720. The van der Waals surface area contributed by atoms with E-state index in [1.54, 1.807) is 18.0 Å². The minimum absolute atomic E-state index is 0.374. The van der Waals surface area contributed by atoms with Gasteiger partial charge in [0, 0.05) is 0 Å². The number of hydrogen-bond acceptors (Lipinski definition) is 8. The monoisotopic (exact) mass is 354 g/mol. The Bertz CT molecular complexity index is 683. The zero-order valence-electron chi connectivity index (χ0n) is 13.4. The Hall–Kier alpha value is -1.26. The summed E-state index contributed by atoms with van der Waals surface area (Å²) >= 11 is 1.65. The number of rotatable bonds is 7. The van der Waals surface area contributed by atoms with Gasteiger partial charge >= 0.3 is 0 Å². The van der Waals surface area contributed by atoms with Crippen LogP contribution in [0.25, 0.3) is 11.0 Å². The van der Waals surface area contributed by atoms with Crippen LogP contribution < -0.4 is 0 Å². The van der Waals surface area contributed by atoms with E-state index in [1.807, 2.05) is 0 Å². The van der Waals surface area contributed by atoms with Crippen molar-refractivity contribution in [1.82, 2.24) is 19.7 Å². The third-order valence-corrected chi connectivity index (χ3v) is 5.19. The first-order chi connectivity index (χ1) is 11.7. The largest absolute Gasteiger partial charge is 0.394 e. The van der Waals surface area contributed by atoms with E-state index >= 15 is 0 Å². The van der Waals surface area contributed by atoms with Crippen LogP contribution in [-0.2, 0) is 4.74 Å². The maximum atomic E-state index is 10.2. The number of nitrogens with zero attached hydrogens (tertiary/aromatic N) is 4. The first-order valence-electron chi connectivity index (χ1n) is 8.10. The van der Waals surface area contributed by atoms with E-state index < -0.39 is 24.5 Å². The zero-order chi connectivity index (χ0) is 17.1. The summed E-state index contributed by atoms with van der Waals surface area (Å²) < 4.78 is 6.96. The van der Waals surface area contributed by atoms with Gasteiger partial charge in [-0.15, -0.1) is 11.8 Å². The summed E-state index contributed by atoms with van der Waals surface area (Å²) in [6.45, 7) is 1.79. The van der Waals surface area contributed by atoms with E-state index in [-0.39, 0.29) is 6.61 Å². The van der Waals surface area contributed by atoms with Gasteiger partial charge in [-0.25, -0.2) is 14.6 Å². The smallest absolute Gasteiger partial charge is 0.181 e. The Balaban J connectivity index is 1.83. The van der Waals surface area contributed by atoms with Crippen LogP contribution in [0.3, 0.4) is 0 Å². The average molecular weight is 354 g/mol. The second-order valence-electron chi connectivity index (χ2n) is 5.79. The molecule has 2 aromatic rings. The van der Waals surface area contributed by atoms with Crippen molar-refractivity contribution in [3.05, 3.63) is 12.5 Å². The van der Waals surface area contributed by atoms with Crippen molar-refractivity contribution in [2.75, 3.05) is 12.4 Å². The van der Waals surface area contributed by atoms with Gasteiger partial charge in [-0.05, 0) is 12.2 Å². The molecule has 9 heteroatoms. The maximum absolute atomic E-state index is 10.2. The molecular weight excluding hydrogens is 332 g/mol. The van der Waals surface area contributed by atoms with E-state index in [0.717, 1.165) is 22.6 Å². The van der Waals surface area contributed by atoms with Gasteiger partial charge in [0.15, 0.2) is 11.9 Å². The van der Waals surface area contributed by atoms with Gasteiger partial charge in [0.05, 0.1) is 18.2 Å². The van der Waals surface area contributed by atoms with Crippen LogP contribution in [0, 0.1) is 0 Å². The summed E-state index contributed by atoms with van der Waals surface area (Å²) in [5.74, 6) is 0.971. The van der Waals surface area contributed by atoms with Crippen LogP contribution in [0.4, 0.5) is 0 Å². The van der Waals surface area contributed by atoms with Crippen LogP contribution in [0.1, 0.15) is 32.4 Å². The number of ether oxygens (including phenoxy) is 1. The average Bonchev–Trinajstić information content (AvgIpc) is 3.14. The van der Waals surface area contributed by atoms with E-state index in [9.17, 15) is 15.3 Å². The van der Waals surface area contributed by atoms with E-state index in [0.29, 0.717) is 5.65 Å². The molecule has 0 unspecified atom stereocenters. The fourth-order valence-corrected chi connectivity index (χ4v) is 3.71. The van der Waals surface area contributed by atoms with Gasteiger partial charge in [0.25, 0.3) is 0 Å². The van der Waals surface area contributed by atoms with Gasteiger partial charge in [0.1, 0.15) is 29.7 Å². The third kappa shape index (κ3) is 3.27. The molecule has 0 radical (unpaired) electrons. The summed E-state index contributed by atoms with van der Waals surface area (Å²) in [6.07, 6.45) is 2.51. The lowest BCUT2D eigenvalue weighted by atomic mass is 10.1. The second-order valence-corrected chi connectivity index (χ2v) is 6.87. The minimum atomic E-state index is -1.18. The fourth-order valence-electron chi connectivity index (χ4n) is 2.75. The molecule has 0 bridgehead atoms. The molecule has 0 spiro atoms. The number of aliphatic hydroxyl groups excluding tert-OH is 3. The molecule has 1 aliphatic heterocycles. The third-order valence-electron chi connectivity index (χ3n) is 4.10. The number of aromatic nitrogens is 4. The fraction of sp³-hybridized carbons (Fsp3) is 0.667. The van der Waals surface area contributed by atoms with Crippen molar-refractivity contribution in [2.45, 2.75) is 55.8 Å². The zero-order valence-corrected chi connectivity index (χ0v) is 14.3.